The molecule has 0 aliphatic rings. The fourth-order valence-electron chi connectivity index (χ4n) is 2.64. The molecule has 0 heterocycles. The predicted molar refractivity (Wildman–Crippen MR) is 110 cm³/mol. The molecule has 0 saturated carbocycles. The molecule has 2 aromatic rings. The van der Waals surface area contributed by atoms with Crippen molar-refractivity contribution in [2.45, 2.75) is 45.8 Å². The van der Waals surface area contributed by atoms with Crippen molar-refractivity contribution >= 4 is 23.2 Å². The maximum absolute atomic E-state index is 6.04. The molecule has 1 N–H and O–H groups in total. The van der Waals surface area contributed by atoms with E-state index in [-0.39, 0.29) is 0 Å². The lowest BCUT2D eigenvalue weighted by Crippen LogP contribution is -2.14. The molecular formula is C21H27Cl2NO2. The van der Waals surface area contributed by atoms with Crippen LogP contribution in [0.4, 0.5) is 0 Å². The van der Waals surface area contributed by atoms with Gasteiger partial charge >= 0.3 is 0 Å². The largest absolute Gasteiger partial charge is 0.493 e. The molecule has 0 radical (unpaired) electrons. The molecule has 0 unspecified atom stereocenters. The van der Waals surface area contributed by atoms with Crippen LogP contribution in [0.5, 0.6) is 11.5 Å². The van der Waals surface area contributed by atoms with Gasteiger partial charge in [0.1, 0.15) is 6.61 Å². The summed E-state index contributed by atoms with van der Waals surface area (Å²) in [6, 6.07) is 11.5. The van der Waals surface area contributed by atoms with Gasteiger partial charge in [-0.05, 0) is 48.4 Å². The molecule has 0 amide bonds. The summed E-state index contributed by atoms with van der Waals surface area (Å²) in [5.74, 6) is 1.45. The van der Waals surface area contributed by atoms with Gasteiger partial charge in [-0.3, -0.25) is 0 Å². The van der Waals surface area contributed by atoms with Gasteiger partial charge in [-0.25, -0.2) is 0 Å². The second-order valence-corrected chi connectivity index (χ2v) is 7.07. The van der Waals surface area contributed by atoms with Gasteiger partial charge in [-0.2, -0.15) is 0 Å². The Morgan fingerprint density at radius 1 is 0.885 bits per heavy atom. The van der Waals surface area contributed by atoms with Gasteiger partial charge in [0.2, 0.25) is 0 Å². The van der Waals surface area contributed by atoms with Crippen LogP contribution in [0.2, 0.25) is 10.0 Å². The van der Waals surface area contributed by atoms with Gasteiger partial charge in [0, 0.05) is 6.54 Å². The third-order valence-corrected chi connectivity index (χ3v) is 4.88. The highest BCUT2D eigenvalue weighted by Crippen LogP contribution is 2.29. The standard InChI is InChI=1S/C21H27Cl2NO2/c1-3-4-5-6-11-24-14-16-8-10-20(21(13-16)25-2)26-15-17-7-9-18(22)19(23)12-17/h7-10,12-13,24H,3-6,11,14-15H2,1-2H3. The van der Waals surface area contributed by atoms with Crippen molar-refractivity contribution < 1.29 is 9.47 Å². The first-order chi connectivity index (χ1) is 12.6. The minimum atomic E-state index is 0.405. The van der Waals surface area contributed by atoms with Gasteiger partial charge < -0.3 is 14.8 Å². The van der Waals surface area contributed by atoms with E-state index < -0.39 is 0 Å². The Kier molecular flexibility index (Phi) is 9.10. The summed E-state index contributed by atoms with van der Waals surface area (Å²) in [6.45, 7) is 4.50. The van der Waals surface area contributed by atoms with E-state index in [0.29, 0.717) is 22.4 Å². The highest BCUT2D eigenvalue weighted by Gasteiger charge is 2.07. The van der Waals surface area contributed by atoms with Crippen LogP contribution in [-0.4, -0.2) is 13.7 Å². The summed E-state index contributed by atoms with van der Waals surface area (Å²) >= 11 is 12.0. The predicted octanol–water partition coefficient (Wildman–Crippen LogP) is 6.25. The molecule has 0 saturated heterocycles. The molecule has 0 atom stereocenters. The third-order valence-electron chi connectivity index (χ3n) is 4.14. The number of ether oxygens (including phenoxy) is 2. The zero-order chi connectivity index (χ0) is 18.8. The van der Waals surface area contributed by atoms with Crippen molar-refractivity contribution in [3.63, 3.8) is 0 Å². The summed E-state index contributed by atoms with van der Waals surface area (Å²) < 4.78 is 11.4. The van der Waals surface area contributed by atoms with Crippen LogP contribution in [0.1, 0.15) is 43.7 Å². The number of methoxy groups -OCH3 is 1. The monoisotopic (exact) mass is 395 g/mol. The van der Waals surface area contributed by atoms with Crippen LogP contribution in [-0.2, 0) is 13.2 Å². The van der Waals surface area contributed by atoms with Crippen LogP contribution in [0.25, 0.3) is 0 Å². The zero-order valence-corrected chi connectivity index (χ0v) is 17.0. The molecule has 0 bridgehead atoms. The van der Waals surface area contributed by atoms with E-state index in [9.17, 15) is 0 Å². The summed E-state index contributed by atoms with van der Waals surface area (Å²) in [4.78, 5) is 0. The van der Waals surface area contributed by atoms with E-state index in [2.05, 4.69) is 18.3 Å². The Bertz CT molecular complexity index is 692. The molecule has 5 heteroatoms. The number of halogens is 2. The number of nitrogens with one attached hydrogen (secondary N) is 1. The van der Waals surface area contributed by atoms with Gasteiger partial charge in [-0.1, -0.05) is 61.5 Å². The lowest BCUT2D eigenvalue weighted by molar-refractivity contribution is 0.284. The van der Waals surface area contributed by atoms with Crippen molar-refractivity contribution in [2.75, 3.05) is 13.7 Å². The number of hydrogen-bond donors (Lipinski definition) is 1. The first-order valence-electron chi connectivity index (χ1n) is 9.08. The normalized spacial score (nSPS) is 10.8. The minimum absolute atomic E-state index is 0.405. The molecule has 2 rings (SSSR count). The van der Waals surface area contributed by atoms with Gasteiger partial charge in [0.15, 0.2) is 11.5 Å². The molecule has 3 nitrogen and oxygen atoms in total. The molecule has 0 aromatic heterocycles. The lowest BCUT2D eigenvalue weighted by Gasteiger charge is -2.13. The minimum Gasteiger partial charge on any atom is -0.493 e. The third kappa shape index (κ3) is 6.71. The zero-order valence-electron chi connectivity index (χ0n) is 15.5. The smallest absolute Gasteiger partial charge is 0.161 e. The topological polar surface area (TPSA) is 30.5 Å². The fourth-order valence-corrected chi connectivity index (χ4v) is 2.96. The SMILES string of the molecule is CCCCCCNCc1ccc(OCc2ccc(Cl)c(Cl)c2)c(OC)c1. The highest BCUT2D eigenvalue weighted by atomic mass is 35.5. The van der Waals surface area contributed by atoms with Crippen molar-refractivity contribution in [1.29, 1.82) is 0 Å². The molecule has 26 heavy (non-hydrogen) atoms. The Morgan fingerprint density at radius 3 is 2.42 bits per heavy atom. The van der Waals surface area contributed by atoms with Gasteiger partial charge in [0.05, 0.1) is 17.2 Å². The van der Waals surface area contributed by atoms with E-state index in [4.69, 9.17) is 32.7 Å². The van der Waals surface area contributed by atoms with Crippen molar-refractivity contribution in [2.24, 2.45) is 0 Å². The molecule has 0 spiro atoms. The maximum atomic E-state index is 6.04. The van der Waals surface area contributed by atoms with Crippen molar-refractivity contribution in [1.82, 2.24) is 5.32 Å². The van der Waals surface area contributed by atoms with Gasteiger partial charge in [-0.15, -0.1) is 0 Å². The second-order valence-electron chi connectivity index (χ2n) is 6.26. The van der Waals surface area contributed by atoms with Crippen LogP contribution < -0.4 is 14.8 Å². The van der Waals surface area contributed by atoms with E-state index in [1.54, 1.807) is 13.2 Å². The Labute approximate surface area is 166 Å². The van der Waals surface area contributed by atoms with Crippen LogP contribution >= 0.6 is 23.2 Å². The van der Waals surface area contributed by atoms with E-state index in [1.165, 1.54) is 31.2 Å². The second kappa shape index (κ2) is 11.3. The Hall–Kier alpha value is -1.42. The summed E-state index contributed by atoms with van der Waals surface area (Å²) in [6.07, 6.45) is 5.07. The summed E-state index contributed by atoms with van der Waals surface area (Å²) in [7, 11) is 1.66. The van der Waals surface area contributed by atoms with E-state index >= 15 is 0 Å². The van der Waals surface area contributed by atoms with E-state index in [1.807, 2.05) is 24.3 Å². The molecule has 142 valence electrons. The molecule has 0 aliphatic carbocycles. The highest BCUT2D eigenvalue weighted by molar-refractivity contribution is 6.42. The van der Waals surface area contributed by atoms with Crippen molar-refractivity contribution in [3.8, 4) is 11.5 Å². The number of hydrogen-bond acceptors (Lipinski definition) is 3. The van der Waals surface area contributed by atoms with Crippen LogP contribution in [0, 0.1) is 0 Å². The van der Waals surface area contributed by atoms with Crippen LogP contribution in [0.3, 0.4) is 0 Å². The molecule has 2 aromatic carbocycles. The molecule has 0 fully saturated rings. The first-order valence-corrected chi connectivity index (χ1v) is 9.84. The Morgan fingerprint density at radius 2 is 1.69 bits per heavy atom. The average molecular weight is 396 g/mol. The first kappa shape index (κ1) is 20.9. The Balaban J connectivity index is 1.88. The van der Waals surface area contributed by atoms with Gasteiger partial charge in [0.25, 0.3) is 0 Å². The quantitative estimate of drug-likeness (QED) is 0.456. The molecule has 0 aliphatic heterocycles. The number of rotatable bonds is 11. The van der Waals surface area contributed by atoms with Crippen LogP contribution in [0.15, 0.2) is 36.4 Å². The lowest BCUT2D eigenvalue weighted by atomic mass is 10.2. The molecular weight excluding hydrogens is 369 g/mol. The van der Waals surface area contributed by atoms with E-state index in [0.717, 1.165) is 24.4 Å². The average Bonchev–Trinajstić information content (AvgIpc) is 2.66. The van der Waals surface area contributed by atoms with Crippen molar-refractivity contribution in [3.05, 3.63) is 57.6 Å². The summed E-state index contributed by atoms with van der Waals surface area (Å²) in [5, 5.41) is 4.55. The maximum Gasteiger partial charge on any atom is 0.161 e. The summed E-state index contributed by atoms with van der Waals surface area (Å²) in [5.41, 5.74) is 2.14. The number of unbranched alkanes of at least 4 members (excludes halogenated alkanes) is 3. The number of benzene rings is 2. The fraction of sp³-hybridized carbons (Fsp3) is 0.429.